The van der Waals surface area contributed by atoms with Crippen molar-refractivity contribution in [1.29, 1.82) is 0 Å². The van der Waals surface area contributed by atoms with Gasteiger partial charge in [-0.1, -0.05) is 17.7 Å². The molecule has 0 fully saturated rings. The highest BCUT2D eigenvalue weighted by molar-refractivity contribution is 7.89. The molecule has 140 valence electrons. The van der Waals surface area contributed by atoms with E-state index < -0.39 is 22.0 Å². The van der Waals surface area contributed by atoms with Crippen LogP contribution in [0.5, 0.6) is 11.5 Å². The average Bonchev–Trinajstić information content (AvgIpc) is 2.62. The van der Waals surface area contributed by atoms with Gasteiger partial charge in [0.05, 0.1) is 11.5 Å². The minimum atomic E-state index is -3.84. The van der Waals surface area contributed by atoms with Crippen molar-refractivity contribution in [3.05, 3.63) is 54.1 Å². The molecule has 2 rings (SSSR count). The summed E-state index contributed by atoms with van der Waals surface area (Å²) in [5, 5.41) is 0. The van der Waals surface area contributed by atoms with E-state index in [1.54, 1.807) is 36.4 Å². The maximum Gasteiger partial charge on any atom is 0.275 e. The molecule has 0 aliphatic carbocycles. The first-order chi connectivity index (χ1) is 12.3. The first kappa shape index (κ1) is 19.7. The highest BCUT2D eigenvalue weighted by Gasteiger charge is 2.19. The number of hydrazine groups is 1. The lowest BCUT2D eigenvalue weighted by Crippen LogP contribution is -2.47. The number of carbonyl (C=O) groups is 1. The normalized spacial score (nSPS) is 12.3. The molecule has 0 heterocycles. The molecule has 0 saturated heterocycles. The molecule has 26 heavy (non-hydrogen) atoms. The van der Waals surface area contributed by atoms with Crippen LogP contribution in [0.4, 0.5) is 0 Å². The molecule has 0 aromatic heterocycles. The fourth-order valence-electron chi connectivity index (χ4n) is 2.03. The van der Waals surface area contributed by atoms with Crippen LogP contribution in [0.1, 0.15) is 19.4 Å². The van der Waals surface area contributed by atoms with Crippen molar-refractivity contribution >= 4 is 15.9 Å². The van der Waals surface area contributed by atoms with Crippen molar-refractivity contribution in [2.45, 2.75) is 31.8 Å². The predicted octanol–water partition coefficient (Wildman–Crippen LogP) is 2.17. The molecule has 2 aromatic carbocycles. The quantitative estimate of drug-likeness (QED) is 0.687. The van der Waals surface area contributed by atoms with Gasteiger partial charge in [0.15, 0.2) is 6.10 Å². The molecule has 2 aromatic rings. The van der Waals surface area contributed by atoms with Crippen LogP contribution in [0.2, 0.25) is 0 Å². The molecule has 7 nitrogen and oxygen atoms in total. The number of hydrogen-bond donors (Lipinski definition) is 2. The highest BCUT2D eigenvalue weighted by atomic mass is 32.2. The van der Waals surface area contributed by atoms with Crippen molar-refractivity contribution in [1.82, 2.24) is 10.3 Å². The van der Waals surface area contributed by atoms with Crippen LogP contribution in [-0.4, -0.2) is 27.0 Å². The molecule has 0 saturated carbocycles. The molecular formula is C18H22N2O5S. The zero-order valence-corrected chi connectivity index (χ0v) is 15.7. The van der Waals surface area contributed by atoms with Crippen LogP contribution < -0.4 is 19.7 Å². The lowest BCUT2D eigenvalue weighted by Gasteiger charge is -2.15. The van der Waals surface area contributed by atoms with Gasteiger partial charge in [-0.2, -0.15) is 0 Å². The SMILES string of the molecule is CCOc1ccc(O[C@@H](C)C(=O)NNS(=O)(=O)c2ccc(C)cc2)cc1. The maximum absolute atomic E-state index is 12.1. The smallest absolute Gasteiger partial charge is 0.275 e. The second kappa shape index (κ2) is 8.68. The second-order valence-corrected chi connectivity index (χ2v) is 7.25. The Hall–Kier alpha value is -2.58. The maximum atomic E-state index is 12.1. The summed E-state index contributed by atoms with van der Waals surface area (Å²) in [5.74, 6) is 0.551. The van der Waals surface area contributed by atoms with E-state index in [0.717, 1.165) is 5.56 Å². The first-order valence-electron chi connectivity index (χ1n) is 8.09. The van der Waals surface area contributed by atoms with Crippen molar-refractivity contribution < 1.29 is 22.7 Å². The lowest BCUT2D eigenvalue weighted by molar-refractivity contribution is -0.127. The lowest BCUT2D eigenvalue weighted by atomic mass is 10.2. The molecule has 2 N–H and O–H groups in total. The van der Waals surface area contributed by atoms with Crippen LogP contribution in [0.25, 0.3) is 0 Å². The molecule has 0 aliphatic rings. The van der Waals surface area contributed by atoms with Crippen molar-refractivity contribution in [2.75, 3.05) is 6.61 Å². The largest absolute Gasteiger partial charge is 0.494 e. The zero-order chi connectivity index (χ0) is 19.2. The third-order valence-electron chi connectivity index (χ3n) is 3.46. The van der Waals surface area contributed by atoms with Crippen LogP contribution in [0, 0.1) is 6.92 Å². The molecule has 8 heteroatoms. The Morgan fingerprint density at radius 2 is 1.62 bits per heavy atom. The topological polar surface area (TPSA) is 93.7 Å². The van der Waals surface area contributed by atoms with E-state index in [9.17, 15) is 13.2 Å². The van der Waals surface area contributed by atoms with Crippen LogP contribution in [0.3, 0.4) is 0 Å². The summed E-state index contributed by atoms with van der Waals surface area (Å²) in [6.07, 6.45) is -0.895. The number of aryl methyl sites for hydroxylation is 1. The summed E-state index contributed by atoms with van der Waals surface area (Å²) < 4.78 is 35.1. The van der Waals surface area contributed by atoms with Crippen molar-refractivity contribution in [3.8, 4) is 11.5 Å². The molecule has 1 atom stereocenters. The Bertz CT molecular complexity index is 833. The third kappa shape index (κ3) is 5.47. The van der Waals surface area contributed by atoms with Gasteiger partial charge in [0.2, 0.25) is 0 Å². The number of sulfonamides is 1. The van der Waals surface area contributed by atoms with E-state index in [2.05, 4.69) is 10.3 Å². The van der Waals surface area contributed by atoms with E-state index in [4.69, 9.17) is 9.47 Å². The number of amides is 1. The monoisotopic (exact) mass is 378 g/mol. The Morgan fingerprint density at radius 3 is 2.19 bits per heavy atom. The van der Waals surface area contributed by atoms with Gasteiger partial charge < -0.3 is 9.47 Å². The number of carbonyl (C=O) groups excluding carboxylic acids is 1. The number of ether oxygens (including phenoxy) is 2. The summed E-state index contributed by atoms with van der Waals surface area (Å²) >= 11 is 0. The van der Waals surface area contributed by atoms with Gasteiger partial charge >= 0.3 is 0 Å². The summed E-state index contributed by atoms with van der Waals surface area (Å²) in [5.41, 5.74) is 3.10. The van der Waals surface area contributed by atoms with Crippen LogP contribution >= 0.6 is 0 Å². The van der Waals surface area contributed by atoms with E-state index >= 15 is 0 Å². The van der Waals surface area contributed by atoms with E-state index in [0.29, 0.717) is 18.1 Å². The third-order valence-corrected chi connectivity index (χ3v) is 4.72. The van der Waals surface area contributed by atoms with Gasteiger partial charge in [0, 0.05) is 0 Å². The van der Waals surface area contributed by atoms with E-state index in [1.807, 2.05) is 13.8 Å². The Balaban J connectivity index is 1.91. The molecule has 0 bridgehead atoms. The molecule has 0 aliphatic heterocycles. The number of rotatable bonds is 8. The fourth-order valence-corrected chi connectivity index (χ4v) is 2.88. The minimum absolute atomic E-state index is 0.0588. The predicted molar refractivity (Wildman–Crippen MR) is 97.3 cm³/mol. The summed E-state index contributed by atoms with van der Waals surface area (Å²) in [4.78, 5) is 14.2. The van der Waals surface area contributed by atoms with Gasteiger partial charge in [0.1, 0.15) is 11.5 Å². The minimum Gasteiger partial charge on any atom is -0.494 e. The number of benzene rings is 2. The standard InChI is InChI=1S/C18H22N2O5S/c1-4-24-15-7-9-16(10-8-15)25-14(3)18(21)19-20-26(22,23)17-11-5-13(2)6-12-17/h5-12,14,20H,4H2,1-3H3,(H,19,21)/t14-/m0/s1. The Kier molecular flexibility index (Phi) is 6.59. The van der Waals surface area contributed by atoms with Gasteiger partial charge in [0.25, 0.3) is 15.9 Å². The van der Waals surface area contributed by atoms with Gasteiger partial charge in [-0.3, -0.25) is 10.2 Å². The van der Waals surface area contributed by atoms with Gasteiger partial charge in [-0.15, -0.1) is 4.83 Å². The average molecular weight is 378 g/mol. The van der Waals surface area contributed by atoms with Crippen LogP contribution in [-0.2, 0) is 14.8 Å². The Labute approximate surface area is 153 Å². The molecular weight excluding hydrogens is 356 g/mol. The first-order valence-corrected chi connectivity index (χ1v) is 9.58. The summed E-state index contributed by atoms with van der Waals surface area (Å²) in [6, 6.07) is 13.1. The van der Waals surface area contributed by atoms with Gasteiger partial charge in [-0.25, -0.2) is 8.42 Å². The summed E-state index contributed by atoms with van der Waals surface area (Å²) in [6.45, 7) is 5.81. The number of nitrogens with one attached hydrogen (secondary N) is 2. The Morgan fingerprint density at radius 1 is 1.04 bits per heavy atom. The van der Waals surface area contributed by atoms with Crippen molar-refractivity contribution in [3.63, 3.8) is 0 Å². The number of hydrogen-bond acceptors (Lipinski definition) is 5. The van der Waals surface area contributed by atoms with Gasteiger partial charge in [-0.05, 0) is 57.2 Å². The molecule has 0 spiro atoms. The second-order valence-electron chi connectivity index (χ2n) is 5.57. The molecule has 0 unspecified atom stereocenters. The van der Waals surface area contributed by atoms with Crippen LogP contribution in [0.15, 0.2) is 53.4 Å². The molecule has 0 radical (unpaired) electrons. The highest BCUT2D eigenvalue weighted by Crippen LogP contribution is 2.18. The molecule has 1 amide bonds. The van der Waals surface area contributed by atoms with E-state index in [-0.39, 0.29) is 4.90 Å². The summed E-state index contributed by atoms with van der Waals surface area (Å²) in [7, 11) is -3.84. The zero-order valence-electron chi connectivity index (χ0n) is 14.9. The fraction of sp³-hybridized carbons (Fsp3) is 0.278. The van der Waals surface area contributed by atoms with Crippen molar-refractivity contribution in [2.24, 2.45) is 0 Å². The van der Waals surface area contributed by atoms with E-state index in [1.165, 1.54) is 19.1 Å².